The van der Waals surface area contributed by atoms with Gasteiger partial charge in [0.05, 0.1) is 26.3 Å². The highest BCUT2D eigenvalue weighted by atomic mass is 127. The quantitative estimate of drug-likeness (QED) is 0.309. The summed E-state index contributed by atoms with van der Waals surface area (Å²) in [6, 6.07) is 13.2. The van der Waals surface area contributed by atoms with Crippen molar-refractivity contribution in [2.45, 2.75) is 39.9 Å². The van der Waals surface area contributed by atoms with Gasteiger partial charge in [-0.3, -0.25) is 4.90 Å². The lowest BCUT2D eigenvalue weighted by atomic mass is 10.1. The van der Waals surface area contributed by atoms with Gasteiger partial charge in [-0.05, 0) is 36.6 Å². The number of aliphatic imine (C=N–C) groups is 1. The Kier molecular flexibility index (Phi) is 11.0. The number of thiophene rings is 1. The van der Waals surface area contributed by atoms with Gasteiger partial charge in [0.2, 0.25) is 0 Å². The molecule has 2 N–H and O–H groups in total. The molecular weight excluding hydrogens is 495 g/mol. The van der Waals surface area contributed by atoms with Crippen molar-refractivity contribution in [1.82, 2.24) is 15.5 Å². The lowest BCUT2D eigenvalue weighted by Crippen LogP contribution is -2.36. The van der Waals surface area contributed by atoms with E-state index in [1.54, 1.807) is 0 Å². The molecule has 0 radical (unpaired) electrons. The second-order valence-electron chi connectivity index (χ2n) is 6.98. The highest BCUT2D eigenvalue weighted by molar-refractivity contribution is 14.0. The first kappa shape index (κ1) is 24.1. The molecule has 5 nitrogen and oxygen atoms in total. The molecule has 0 saturated carbocycles. The molecular formula is C22H33IN4OS. The number of ether oxygens (including phenoxy) is 1. The van der Waals surface area contributed by atoms with Crippen molar-refractivity contribution in [2.75, 3.05) is 32.8 Å². The predicted octanol–water partition coefficient (Wildman–Crippen LogP) is 4.02. The highest BCUT2D eigenvalue weighted by Crippen LogP contribution is 2.16. The van der Waals surface area contributed by atoms with Crippen molar-refractivity contribution in [1.29, 1.82) is 0 Å². The van der Waals surface area contributed by atoms with Gasteiger partial charge in [0.25, 0.3) is 0 Å². The van der Waals surface area contributed by atoms with Crippen LogP contribution in [0.5, 0.6) is 0 Å². The van der Waals surface area contributed by atoms with Crippen molar-refractivity contribution < 1.29 is 4.74 Å². The average molecular weight is 529 g/mol. The lowest BCUT2D eigenvalue weighted by molar-refractivity contribution is 0.0342. The molecule has 1 aliphatic rings. The second kappa shape index (κ2) is 13.2. The van der Waals surface area contributed by atoms with E-state index < -0.39 is 0 Å². The van der Waals surface area contributed by atoms with Gasteiger partial charge in [-0.1, -0.05) is 31.2 Å². The van der Waals surface area contributed by atoms with Crippen molar-refractivity contribution in [2.24, 2.45) is 4.99 Å². The van der Waals surface area contributed by atoms with Crippen LogP contribution in [-0.4, -0.2) is 43.7 Å². The minimum atomic E-state index is 0. The standard InChI is InChI=1S/C22H32N4OS.HI/c1-3-20-8-9-21(28-20)16-25-22(23-4-2)24-15-18-6-5-7-19(14-18)17-26-10-12-27-13-11-26;/h5-9,14H,3-4,10-13,15-17H2,1-2H3,(H2,23,24,25);1H. The van der Waals surface area contributed by atoms with E-state index in [1.807, 2.05) is 11.3 Å². The van der Waals surface area contributed by atoms with Crippen LogP contribution >= 0.6 is 35.3 Å². The maximum absolute atomic E-state index is 5.44. The summed E-state index contributed by atoms with van der Waals surface area (Å²) < 4.78 is 5.44. The Morgan fingerprint density at radius 2 is 1.83 bits per heavy atom. The summed E-state index contributed by atoms with van der Waals surface area (Å²) in [5.74, 6) is 0.868. The van der Waals surface area contributed by atoms with Crippen LogP contribution in [0.4, 0.5) is 0 Å². The third-order valence-electron chi connectivity index (χ3n) is 4.76. The van der Waals surface area contributed by atoms with E-state index in [-0.39, 0.29) is 24.0 Å². The Morgan fingerprint density at radius 1 is 1.07 bits per heavy atom. The molecule has 3 rings (SSSR count). The fraction of sp³-hybridized carbons (Fsp3) is 0.500. The summed E-state index contributed by atoms with van der Waals surface area (Å²) >= 11 is 1.87. The highest BCUT2D eigenvalue weighted by Gasteiger charge is 2.10. The van der Waals surface area contributed by atoms with Crippen molar-refractivity contribution in [3.8, 4) is 0 Å². The van der Waals surface area contributed by atoms with Crippen LogP contribution in [0.3, 0.4) is 0 Å². The molecule has 2 aromatic rings. The molecule has 160 valence electrons. The van der Waals surface area contributed by atoms with Crippen LogP contribution in [0.1, 0.15) is 34.7 Å². The zero-order chi connectivity index (χ0) is 19.6. The van der Waals surface area contributed by atoms with Crippen molar-refractivity contribution >= 4 is 41.3 Å². The Hall–Kier alpha value is -1.16. The Bertz CT molecular complexity index is 759. The van der Waals surface area contributed by atoms with Gasteiger partial charge in [0, 0.05) is 35.9 Å². The number of hydrogen-bond acceptors (Lipinski definition) is 4. The van der Waals surface area contributed by atoms with Crippen LogP contribution < -0.4 is 10.6 Å². The fourth-order valence-electron chi connectivity index (χ4n) is 3.23. The van der Waals surface area contributed by atoms with E-state index in [4.69, 9.17) is 9.73 Å². The number of benzene rings is 1. The Morgan fingerprint density at radius 3 is 2.55 bits per heavy atom. The molecule has 0 aliphatic carbocycles. The first-order valence-corrected chi connectivity index (χ1v) is 11.1. The monoisotopic (exact) mass is 528 g/mol. The number of guanidine groups is 1. The van der Waals surface area contributed by atoms with E-state index in [0.717, 1.165) is 58.3 Å². The SMILES string of the molecule is CCNC(=NCc1cccc(CN2CCOCC2)c1)NCc1ccc(CC)s1.I. The maximum Gasteiger partial charge on any atom is 0.191 e. The minimum Gasteiger partial charge on any atom is -0.379 e. The molecule has 1 aliphatic heterocycles. The molecule has 0 amide bonds. The molecule has 1 saturated heterocycles. The van der Waals surface area contributed by atoms with Crippen LogP contribution in [0.2, 0.25) is 0 Å². The van der Waals surface area contributed by atoms with Gasteiger partial charge >= 0.3 is 0 Å². The summed E-state index contributed by atoms with van der Waals surface area (Å²) in [5, 5.41) is 6.80. The summed E-state index contributed by atoms with van der Waals surface area (Å²) in [4.78, 5) is 10.00. The van der Waals surface area contributed by atoms with Crippen molar-refractivity contribution in [3.05, 3.63) is 57.3 Å². The Balaban J connectivity index is 0.00000300. The van der Waals surface area contributed by atoms with Gasteiger partial charge in [-0.25, -0.2) is 4.99 Å². The third-order valence-corrected chi connectivity index (χ3v) is 5.99. The van der Waals surface area contributed by atoms with E-state index >= 15 is 0 Å². The molecule has 29 heavy (non-hydrogen) atoms. The first-order chi connectivity index (χ1) is 13.8. The van der Waals surface area contributed by atoms with Gasteiger partial charge in [-0.15, -0.1) is 35.3 Å². The number of rotatable bonds is 8. The van der Waals surface area contributed by atoms with Crippen LogP contribution in [-0.2, 0) is 30.8 Å². The number of nitrogens with zero attached hydrogens (tertiary/aromatic N) is 2. The lowest BCUT2D eigenvalue weighted by Gasteiger charge is -2.26. The van der Waals surface area contributed by atoms with E-state index in [0.29, 0.717) is 6.54 Å². The summed E-state index contributed by atoms with van der Waals surface area (Å²) in [5.41, 5.74) is 2.59. The first-order valence-electron chi connectivity index (χ1n) is 10.2. The molecule has 1 fully saturated rings. The summed E-state index contributed by atoms with van der Waals surface area (Å²) in [7, 11) is 0. The van der Waals surface area contributed by atoms with E-state index in [9.17, 15) is 0 Å². The van der Waals surface area contributed by atoms with Gasteiger partial charge in [-0.2, -0.15) is 0 Å². The number of morpholine rings is 1. The van der Waals surface area contributed by atoms with E-state index in [2.05, 4.69) is 65.8 Å². The normalized spacial score (nSPS) is 15.0. The molecule has 7 heteroatoms. The Labute approximate surface area is 196 Å². The zero-order valence-electron chi connectivity index (χ0n) is 17.4. The molecule has 0 atom stereocenters. The molecule has 0 unspecified atom stereocenters. The predicted molar refractivity (Wildman–Crippen MR) is 133 cm³/mol. The summed E-state index contributed by atoms with van der Waals surface area (Å²) in [6.07, 6.45) is 1.10. The second-order valence-corrected chi connectivity index (χ2v) is 8.23. The van der Waals surface area contributed by atoms with Crippen molar-refractivity contribution in [3.63, 3.8) is 0 Å². The van der Waals surface area contributed by atoms with Gasteiger partial charge in [0.15, 0.2) is 5.96 Å². The topological polar surface area (TPSA) is 48.9 Å². The van der Waals surface area contributed by atoms with Gasteiger partial charge in [0.1, 0.15) is 0 Å². The third kappa shape index (κ3) is 8.24. The van der Waals surface area contributed by atoms with Crippen LogP contribution in [0.15, 0.2) is 41.4 Å². The molecule has 2 heterocycles. The van der Waals surface area contributed by atoms with Crippen LogP contribution in [0.25, 0.3) is 0 Å². The average Bonchev–Trinajstić information content (AvgIpc) is 3.19. The fourth-order valence-corrected chi connectivity index (χ4v) is 4.13. The van der Waals surface area contributed by atoms with Crippen LogP contribution in [0, 0.1) is 0 Å². The molecule has 1 aromatic carbocycles. The van der Waals surface area contributed by atoms with E-state index in [1.165, 1.54) is 20.9 Å². The maximum atomic E-state index is 5.44. The number of aryl methyl sites for hydroxylation is 1. The smallest absolute Gasteiger partial charge is 0.191 e. The summed E-state index contributed by atoms with van der Waals surface area (Å²) in [6.45, 7) is 11.3. The largest absolute Gasteiger partial charge is 0.379 e. The number of halogens is 1. The van der Waals surface area contributed by atoms with Gasteiger partial charge < -0.3 is 15.4 Å². The molecule has 1 aromatic heterocycles. The molecule has 0 spiro atoms. The zero-order valence-corrected chi connectivity index (χ0v) is 20.6. The molecule has 0 bridgehead atoms. The minimum absolute atomic E-state index is 0. The number of nitrogens with one attached hydrogen (secondary N) is 2. The number of hydrogen-bond donors (Lipinski definition) is 2.